The van der Waals surface area contributed by atoms with E-state index in [-0.39, 0.29) is 11.8 Å². The summed E-state index contributed by atoms with van der Waals surface area (Å²) in [6, 6.07) is 3.61. The van der Waals surface area contributed by atoms with E-state index in [9.17, 15) is 4.79 Å². The van der Waals surface area contributed by atoms with Crippen LogP contribution < -0.4 is 5.32 Å². The van der Waals surface area contributed by atoms with E-state index in [0.29, 0.717) is 31.2 Å². The first kappa shape index (κ1) is 13.6. The van der Waals surface area contributed by atoms with E-state index < -0.39 is 5.54 Å². The Morgan fingerprint density at radius 3 is 2.72 bits per heavy atom. The van der Waals surface area contributed by atoms with Crippen LogP contribution in [0, 0.1) is 0 Å². The number of nitrogens with zero attached hydrogens (tertiary/aromatic N) is 1. The molecule has 0 spiro atoms. The molecule has 0 unspecified atom stereocenters. The second kappa shape index (κ2) is 5.87. The minimum atomic E-state index is -0.443. The molecule has 2 heterocycles. The number of nitrogens with one attached hydrogen (secondary N) is 1. The molecule has 0 radical (unpaired) electrons. The Labute approximate surface area is 116 Å². The standard InChI is InChI=1S/C12H14Cl2N2O2/c13-7-11(17)16-12(3-5-18-6-4-12)9-1-2-10(14)15-8-9/h1-2,8H,3-7H2,(H,16,17). The topological polar surface area (TPSA) is 51.2 Å². The Morgan fingerprint density at radius 2 is 2.17 bits per heavy atom. The summed E-state index contributed by atoms with van der Waals surface area (Å²) in [5.41, 5.74) is 0.496. The zero-order chi connectivity index (χ0) is 13.0. The average molecular weight is 289 g/mol. The smallest absolute Gasteiger partial charge is 0.235 e. The number of amides is 1. The summed E-state index contributed by atoms with van der Waals surface area (Å²) in [6.07, 6.45) is 3.11. The number of aromatic nitrogens is 1. The van der Waals surface area contributed by atoms with Crippen molar-refractivity contribution in [3.8, 4) is 0 Å². The third kappa shape index (κ3) is 2.94. The van der Waals surface area contributed by atoms with E-state index >= 15 is 0 Å². The van der Waals surface area contributed by atoms with E-state index in [4.69, 9.17) is 27.9 Å². The van der Waals surface area contributed by atoms with Gasteiger partial charge in [0, 0.05) is 19.4 Å². The van der Waals surface area contributed by atoms with Gasteiger partial charge in [0.2, 0.25) is 5.91 Å². The van der Waals surface area contributed by atoms with Crippen molar-refractivity contribution < 1.29 is 9.53 Å². The molecule has 1 aliphatic rings. The Bertz CT molecular complexity index is 417. The summed E-state index contributed by atoms with van der Waals surface area (Å²) in [5.74, 6) is -0.239. The molecule has 1 aromatic heterocycles. The van der Waals surface area contributed by atoms with E-state index in [2.05, 4.69) is 10.3 Å². The van der Waals surface area contributed by atoms with Crippen molar-refractivity contribution in [2.45, 2.75) is 18.4 Å². The maximum atomic E-state index is 11.6. The minimum absolute atomic E-state index is 0.0520. The lowest BCUT2D eigenvalue weighted by atomic mass is 9.83. The summed E-state index contributed by atoms with van der Waals surface area (Å²) in [7, 11) is 0. The summed E-state index contributed by atoms with van der Waals surface area (Å²) in [6.45, 7) is 1.20. The molecule has 1 N–H and O–H groups in total. The zero-order valence-corrected chi connectivity index (χ0v) is 11.3. The minimum Gasteiger partial charge on any atom is -0.381 e. The van der Waals surface area contributed by atoms with E-state index in [1.54, 1.807) is 12.3 Å². The maximum Gasteiger partial charge on any atom is 0.235 e. The molecule has 6 heteroatoms. The number of alkyl halides is 1. The molecular formula is C12H14Cl2N2O2. The van der Waals surface area contributed by atoms with Crippen molar-refractivity contribution >= 4 is 29.1 Å². The molecule has 18 heavy (non-hydrogen) atoms. The fourth-order valence-electron chi connectivity index (χ4n) is 2.16. The van der Waals surface area contributed by atoms with Gasteiger partial charge in [-0.3, -0.25) is 4.79 Å². The van der Waals surface area contributed by atoms with Crippen LogP contribution in [0.1, 0.15) is 18.4 Å². The summed E-state index contributed by atoms with van der Waals surface area (Å²) in [5, 5.41) is 3.42. The Kier molecular flexibility index (Phi) is 4.43. The van der Waals surface area contributed by atoms with Crippen LogP contribution in [-0.4, -0.2) is 30.0 Å². The molecule has 0 aliphatic carbocycles. The van der Waals surface area contributed by atoms with Crippen molar-refractivity contribution in [1.82, 2.24) is 10.3 Å². The van der Waals surface area contributed by atoms with Gasteiger partial charge in [-0.1, -0.05) is 17.7 Å². The monoisotopic (exact) mass is 288 g/mol. The molecule has 0 aromatic carbocycles. The van der Waals surface area contributed by atoms with Gasteiger partial charge < -0.3 is 10.1 Å². The Hall–Kier alpha value is -0.840. The first-order chi connectivity index (χ1) is 8.66. The molecule has 0 atom stereocenters. The molecule has 1 saturated heterocycles. The molecule has 1 aliphatic heterocycles. The van der Waals surface area contributed by atoms with Crippen LogP contribution in [-0.2, 0) is 15.1 Å². The van der Waals surface area contributed by atoms with Crippen LogP contribution in [0.4, 0.5) is 0 Å². The normalized spacial score (nSPS) is 18.3. The molecule has 98 valence electrons. The quantitative estimate of drug-likeness (QED) is 0.685. The maximum absolute atomic E-state index is 11.6. The number of halogens is 2. The van der Waals surface area contributed by atoms with Gasteiger partial charge in [0.05, 0.1) is 5.54 Å². The molecule has 4 nitrogen and oxygen atoms in total. The summed E-state index contributed by atoms with van der Waals surface area (Å²) >= 11 is 11.4. The van der Waals surface area contributed by atoms with Gasteiger partial charge in [0.15, 0.2) is 0 Å². The second-order valence-electron chi connectivity index (χ2n) is 4.25. The van der Waals surface area contributed by atoms with Crippen molar-refractivity contribution in [3.63, 3.8) is 0 Å². The van der Waals surface area contributed by atoms with Crippen LogP contribution in [0.15, 0.2) is 18.3 Å². The van der Waals surface area contributed by atoms with E-state index in [0.717, 1.165) is 5.56 Å². The van der Waals surface area contributed by atoms with Gasteiger partial charge in [-0.05, 0) is 24.5 Å². The molecule has 0 saturated carbocycles. The van der Waals surface area contributed by atoms with Gasteiger partial charge in [0.25, 0.3) is 0 Å². The molecule has 1 aromatic rings. The van der Waals surface area contributed by atoms with Crippen LogP contribution in [0.3, 0.4) is 0 Å². The van der Waals surface area contributed by atoms with Gasteiger partial charge >= 0.3 is 0 Å². The van der Waals surface area contributed by atoms with Crippen molar-refractivity contribution in [3.05, 3.63) is 29.0 Å². The highest BCUT2D eigenvalue weighted by Gasteiger charge is 2.36. The van der Waals surface area contributed by atoms with E-state index in [1.165, 1.54) is 0 Å². The van der Waals surface area contributed by atoms with Gasteiger partial charge in [-0.25, -0.2) is 4.98 Å². The zero-order valence-electron chi connectivity index (χ0n) is 9.79. The van der Waals surface area contributed by atoms with Crippen LogP contribution >= 0.6 is 23.2 Å². The predicted molar refractivity (Wildman–Crippen MR) is 69.8 cm³/mol. The number of ether oxygens (including phenoxy) is 1. The highest BCUT2D eigenvalue weighted by atomic mass is 35.5. The fourth-order valence-corrected chi connectivity index (χ4v) is 2.34. The van der Waals surface area contributed by atoms with Crippen molar-refractivity contribution in [2.75, 3.05) is 19.1 Å². The summed E-state index contributed by atoms with van der Waals surface area (Å²) < 4.78 is 5.35. The first-order valence-corrected chi connectivity index (χ1v) is 6.64. The third-order valence-corrected chi connectivity index (χ3v) is 3.59. The van der Waals surface area contributed by atoms with Crippen LogP contribution in [0.2, 0.25) is 5.15 Å². The van der Waals surface area contributed by atoms with Gasteiger partial charge in [-0.2, -0.15) is 0 Å². The lowest BCUT2D eigenvalue weighted by molar-refractivity contribution is -0.122. The predicted octanol–water partition coefficient (Wildman–Crippen LogP) is 2.10. The first-order valence-electron chi connectivity index (χ1n) is 5.73. The van der Waals surface area contributed by atoms with Crippen molar-refractivity contribution in [1.29, 1.82) is 0 Å². The molecule has 0 bridgehead atoms. The molecular weight excluding hydrogens is 275 g/mol. The molecule has 1 amide bonds. The fraction of sp³-hybridized carbons (Fsp3) is 0.500. The Balaban J connectivity index is 2.28. The van der Waals surface area contributed by atoms with Crippen molar-refractivity contribution in [2.24, 2.45) is 0 Å². The van der Waals surface area contributed by atoms with Crippen LogP contribution in [0.25, 0.3) is 0 Å². The number of carbonyl (C=O) groups is 1. The number of hydrogen-bond donors (Lipinski definition) is 1. The summed E-state index contributed by atoms with van der Waals surface area (Å²) in [4.78, 5) is 15.7. The molecule has 1 fully saturated rings. The molecule has 2 rings (SSSR count). The van der Waals surface area contributed by atoms with Gasteiger partial charge in [0.1, 0.15) is 11.0 Å². The second-order valence-corrected chi connectivity index (χ2v) is 4.90. The SMILES string of the molecule is O=C(CCl)NC1(c2ccc(Cl)nc2)CCOCC1. The lowest BCUT2D eigenvalue weighted by Crippen LogP contribution is -2.50. The van der Waals surface area contributed by atoms with E-state index in [1.807, 2.05) is 6.07 Å². The highest BCUT2D eigenvalue weighted by Crippen LogP contribution is 2.32. The average Bonchev–Trinajstić information content (AvgIpc) is 2.40. The lowest BCUT2D eigenvalue weighted by Gasteiger charge is -2.38. The third-order valence-electron chi connectivity index (χ3n) is 3.13. The van der Waals surface area contributed by atoms with Gasteiger partial charge in [-0.15, -0.1) is 11.6 Å². The van der Waals surface area contributed by atoms with Crippen LogP contribution in [0.5, 0.6) is 0 Å². The largest absolute Gasteiger partial charge is 0.381 e. The number of hydrogen-bond acceptors (Lipinski definition) is 3. The number of pyridine rings is 1. The number of carbonyl (C=O) groups excluding carboxylic acids is 1. The Morgan fingerprint density at radius 1 is 1.44 bits per heavy atom. The highest BCUT2D eigenvalue weighted by molar-refractivity contribution is 6.29. The number of rotatable bonds is 3.